The lowest BCUT2D eigenvalue weighted by Gasteiger charge is -2.04. The van der Waals surface area contributed by atoms with E-state index in [-0.39, 0.29) is 6.04 Å². The van der Waals surface area contributed by atoms with E-state index in [4.69, 9.17) is 5.73 Å². The van der Waals surface area contributed by atoms with E-state index in [2.05, 4.69) is 4.98 Å². The molecule has 2 N–H and O–H groups in total. The zero-order valence-electron chi connectivity index (χ0n) is 6.74. The summed E-state index contributed by atoms with van der Waals surface area (Å²) in [7, 11) is 0. The fourth-order valence-corrected chi connectivity index (χ4v) is 1.14. The lowest BCUT2D eigenvalue weighted by molar-refractivity contribution is 0.806. The summed E-state index contributed by atoms with van der Waals surface area (Å²) in [5.41, 5.74) is 6.74. The van der Waals surface area contributed by atoms with E-state index < -0.39 is 0 Å². The number of nitrogens with zero attached hydrogens (tertiary/aromatic N) is 1. The highest BCUT2D eigenvalue weighted by Gasteiger charge is 1.98. The Morgan fingerprint density at radius 3 is 2.64 bits per heavy atom. The third-order valence-electron chi connectivity index (χ3n) is 1.49. The summed E-state index contributed by atoms with van der Waals surface area (Å²) < 4.78 is 0. The Labute approximate surface area is 71.2 Å². The molecule has 0 radical (unpaired) electrons. The van der Waals surface area contributed by atoms with Crippen molar-refractivity contribution in [1.82, 2.24) is 4.98 Å². The Balaban J connectivity index is 2.83. The van der Waals surface area contributed by atoms with Gasteiger partial charge in [-0.15, -0.1) is 11.8 Å². The first-order valence-corrected chi connectivity index (χ1v) is 4.72. The van der Waals surface area contributed by atoms with Crippen molar-refractivity contribution >= 4 is 11.8 Å². The smallest absolute Gasteiger partial charge is 0.0957 e. The highest BCUT2D eigenvalue weighted by atomic mass is 32.2. The molecule has 1 aromatic heterocycles. The number of aromatic nitrogens is 1. The molecule has 0 bridgehead atoms. The van der Waals surface area contributed by atoms with E-state index in [1.807, 2.05) is 31.5 Å². The molecule has 0 aliphatic carbocycles. The molecule has 60 valence electrons. The van der Waals surface area contributed by atoms with Gasteiger partial charge in [-0.25, -0.2) is 4.98 Å². The molecule has 1 heterocycles. The molecule has 0 amide bonds. The van der Waals surface area contributed by atoms with Crippen LogP contribution in [0.1, 0.15) is 18.5 Å². The van der Waals surface area contributed by atoms with Crippen LogP contribution in [0, 0.1) is 0 Å². The van der Waals surface area contributed by atoms with Crippen molar-refractivity contribution in [1.29, 1.82) is 0 Å². The van der Waals surface area contributed by atoms with E-state index in [1.165, 1.54) is 0 Å². The molecule has 0 aromatic carbocycles. The van der Waals surface area contributed by atoms with Gasteiger partial charge in [0.05, 0.1) is 5.03 Å². The van der Waals surface area contributed by atoms with Gasteiger partial charge in [0.15, 0.2) is 0 Å². The Bertz CT molecular complexity index is 218. The second kappa shape index (κ2) is 3.74. The first-order valence-electron chi connectivity index (χ1n) is 3.49. The molecule has 1 aromatic rings. The number of rotatable bonds is 2. The molecule has 0 aliphatic rings. The monoisotopic (exact) mass is 168 g/mol. The molecule has 3 heteroatoms. The minimum absolute atomic E-state index is 0.0819. The van der Waals surface area contributed by atoms with Crippen molar-refractivity contribution < 1.29 is 0 Å². The van der Waals surface area contributed by atoms with Crippen LogP contribution < -0.4 is 5.73 Å². The molecule has 0 spiro atoms. The summed E-state index contributed by atoms with van der Waals surface area (Å²) in [6.07, 6.45) is 3.84. The van der Waals surface area contributed by atoms with E-state index in [1.54, 1.807) is 11.8 Å². The molecular weight excluding hydrogens is 156 g/mol. The average molecular weight is 168 g/mol. The van der Waals surface area contributed by atoms with Crippen LogP contribution in [0.15, 0.2) is 23.4 Å². The Morgan fingerprint density at radius 1 is 1.55 bits per heavy atom. The molecule has 0 aliphatic heterocycles. The van der Waals surface area contributed by atoms with Crippen molar-refractivity contribution in [2.45, 2.75) is 18.0 Å². The van der Waals surface area contributed by atoms with Gasteiger partial charge in [0.1, 0.15) is 0 Å². The van der Waals surface area contributed by atoms with E-state index >= 15 is 0 Å². The Morgan fingerprint density at radius 2 is 2.27 bits per heavy atom. The first-order chi connectivity index (χ1) is 5.24. The van der Waals surface area contributed by atoms with Crippen LogP contribution in [0.2, 0.25) is 0 Å². The van der Waals surface area contributed by atoms with Crippen molar-refractivity contribution in [2.24, 2.45) is 5.73 Å². The minimum Gasteiger partial charge on any atom is -0.324 e. The third kappa shape index (κ3) is 2.20. The zero-order chi connectivity index (χ0) is 8.27. The van der Waals surface area contributed by atoms with Crippen molar-refractivity contribution in [3.8, 4) is 0 Å². The molecule has 0 saturated heterocycles. The number of nitrogens with two attached hydrogens (primary N) is 1. The molecule has 2 nitrogen and oxygen atoms in total. The first kappa shape index (κ1) is 8.56. The SMILES string of the molecule is CSc1ccc([C@@H](C)N)cn1. The van der Waals surface area contributed by atoms with Crippen LogP contribution in [0.3, 0.4) is 0 Å². The summed E-state index contributed by atoms with van der Waals surface area (Å²) in [6, 6.07) is 4.09. The predicted octanol–water partition coefficient (Wildman–Crippen LogP) is 1.82. The topological polar surface area (TPSA) is 38.9 Å². The van der Waals surface area contributed by atoms with Crippen molar-refractivity contribution in [3.63, 3.8) is 0 Å². The molecule has 0 saturated carbocycles. The molecule has 1 rings (SSSR count). The second-order valence-electron chi connectivity index (χ2n) is 2.42. The summed E-state index contributed by atoms with van der Waals surface area (Å²) in [5.74, 6) is 0. The maximum absolute atomic E-state index is 5.66. The molecule has 0 fully saturated rings. The van der Waals surface area contributed by atoms with Gasteiger partial charge >= 0.3 is 0 Å². The standard InChI is InChI=1S/C8H12N2S/c1-6(9)7-3-4-8(11-2)10-5-7/h3-6H,9H2,1-2H3/t6-/m1/s1. The molecule has 0 unspecified atom stereocenters. The summed E-state index contributed by atoms with van der Waals surface area (Å²) >= 11 is 1.64. The maximum Gasteiger partial charge on any atom is 0.0957 e. The van der Waals surface area contributed by atoms with Crippen LogP contribution in [-0.4, -0.2) is 11.2 Å². The average Bonchev–Trinajstić information content (AvgIpc) is 2.05. The van der Waals surface area contributed by atoms with Crippen molar-refractivity contribution in [2.75, 3.05) is 6.26 Å². The largest absolute Gasteiger partial charge is 0.324 e. The van der Waals surface area contributed by atoms with E-state index in [9.17, 15) is 0 Å². The van der Waals surface area contributed by atoms with Crippen molar-refractivity contribution in [3.05, 3.63) is 23.9 Å². The van der Waals surface area contributed by atoms with Gasteiger partial charge in [-0.1, -0.05) is 6.07 Å². The third-order valence-corrected chi connectivity index (χ3v) is 2.15. The van der Waals surface area contributed by atoms with Crippen LogP contribution >= 0.6 is 11.8 Å². The van der Waals surface area contributed by atoms with Crippen LogP contribution in [0.5, 0.6) is 0 Å². The van der Waals surface area contributed by atoms with E-state index in [0.29, 0.717) is 0 Å². The fraction of sp³-hybridized carbons (Fsp3) is 0.375. The lowest BCUT2D eigenvalue weighted by atomic mass is 10.2. The minimum atomic E-state index is 0.0819. The molecule has 1 atom stereocenters. The van der Waals surface area contributed by atoms with Gasteiger partial charge in [-0.3, -0.25) is 0 Å². The fourth-order valence-electron chi connectivity index (χ4n) is 0.782. The Kier molecular flexibility index (Phi) is 2.91. The summed E-state index contributed by atoms with van der Waals surface area (Å²) in [4.78, 5) is 4.20. The zero-order valence-corrected chi connectivity index (χ0v) is 7.56. The predicted molar refractivity (Wildman–Crippen MR) is 48.6 cm³/mol. The summed E-state index contributed by atoms with van der Waals surface area (Å²) in [6.45, 7) is 1.95. The Hall–Kier alpha value is -0.540. The number of thioether (sulfide) groups is 1. The van der Waals surface area contributed by atoms with Crippen LogP contribution in [0.25, 0.3) is 0 Å². The number of hydrogen-bond acceptors (Lipinski definition) is 3. The van der Waals surface area contributed by atoms with Gasteiger partial charge in [-0.2, -0.15) is 0 Å². The molecular formula is C8H12N2S. The van der Waals surface area contributed by atoms with Gasteiger partial charge in [0.25, 0.3) is 0 Å². The van der Waals surface area contributed by atoms with Gasteiger partial charge < -0.3 is 5.73 Å². The second-order valence-corrected chi connectivity index (χ2v) is 3.25. The van der Waals surface area contributed by atoms with Crippen LogP contribution in [-0.2, 0) is 0 Å². The normalized spacial score (nSPS) is 13.0. The highest BCUT2D eigenvalue weighted by molar-refractivity contribution is 7.98. The number of pyridine rings is 1. The number of hydrogen-bond donors (Lipinski definition) is 1. The molecule has 11 heavy (non-hydrogen) atoms. The van der Waals surface area contributed by atoms with Crippen LogP contribution in [0.4, 0.5) is 0 Å². The lowest BCUT2D eigenvalue weighted by Crippen LogP contribution is -2.04. The van der Waals surface area contributed by atoms with E-state index in [0.717, 1.165) is 10.6 Å². The van der Waals surface area contributed by atoms with Gasteiger partial charge in [0.2, 0.25) is 0 Å². The van der Waals surface area contributed by atoms with Gasteiger partial charge in [0, 0.05) is 12.2 Å². The maximum atomic E-state index is 5.66. The highest BCUT2D eigenvalue weighted by Crippen LogP contribution is 2.13. The quantitative estimate of drug-likeness (QED) is 0.685. The summed E-state index contributed by atoms with van der Waals surface area (Å²) in [5, 5.41) is 1.04. The van der Waals surface area contributed by atoms with Gasteiger partial charge in [-0.05, 0) is 24.8 Å².